The molecule has 3 nitrogen and oxygen atoms in total. The third kappa shape index (κ3) is 6.67. The van der Waals surface area contributed by atoms with Gasteiger partial charge in [-0.05, 0) is 18.1 Å². The van der Waals surface area contributed by atoms with Crippen LogP contribution in [-0.4, -0.2) is 43.5 Å². The highest BCUT2D eigenvalue weighted by molar-refractivity contribution is 5.95. The number of morpholine rings is 1. The first-order chi connectivity index (χ1) is 11.3. The number of rotatable bonds is 9. The summed E-state index contributed by atoms with van der Waals surface area (Å²) in [6, 6.07) is 10.0. The molecule has 1 saturated heterocycles. The van der Waals surface area contributed by atoms with Gasteiger partial charge in [-0.2, -0.15) is 0 Å². The quantitative estimate of drug-likeness (QED) is 0.513. The number of carbonyl (C=O) groups excluding carboxylic acids is 1. The fourth-order valence-electron chi connectivity index (χ4n) is 2.94. The zero-order valence-electron chi connectivity index (χ0n) is 14.2. The maximum atomic E-state index is 12.6. The van der Waals surface area contributed by atoms with Crippen LogP contribution in [0.1, 0.15) is 38.2 Å². The average molecular weight is 315 g/mol. The molecule has 0 bridgehead atoms. The van der Waals surface area contributed by atoms with Crippen molar-refractivity contribution < 1.29 is 9.53 Å². The van der Waals surface area contributed by atoms with E-state index in [2.05, 4.69) is 11.8 Å². The van der Waals surface area contributed by atoms with Crippen molar-refractivity contribution in [3.05, 3.63) is 42.0 Å². The Labute approximate surface area is 140 Å². The minimum absolute atomic E-state index is 0.111. The summed E-state index contributed by atoms with van der Waals surface area (Å²) in [6.45, 7) is 6.53. The molecule has 1 aromatic carbocycles. The van der Waals surface area contributed by atoms with E-state index in [9.17, 15) is 4.79 Å². The van der Waals surface area contributed by atoms with Gasteiger partial charge >= 0.3 is 0 Å². The standard InChI is InChI=1S/C20H29NO2/c1-2-3-5-10-19(17-21-13-15-23-16-14-21)20(22)12-11-18-8-6-4-7-9-18/h4,6-9,11-12,19H,2-3,5,10,13-17H2,1H3/b12-11+. The molecule has 0 N–H and O–H groups in total. The summed E-state index contributed by atoms with van der Waals surface area (Å²) < 4.78 is 5.41. The molecule has 0 aromatic heterocycles. The number of nitrogens with zero attached hydrogens (tertiary/aromatic N) is 1. The lowest BCUT2D eigenvalue weighted by atomic mass is 9.95. The van der Waals surface area contributed by atoms with Crippen molar-refractivity contribution in [3.63, 3.8) is 0 Å². The minimum atomic E-state index is 0.111. The summed E-state index contributed by atoms with van der Waals surface area (Å²) in [5.41, 5.74) is 1.08. The van der Waals surface area contributed by atoms with E-state index in [1.54, 1.807) is 6.08 Å². The number of ketones is 1. The zero-order valence-corrected chi connectivity index (χ0v) is 14.2. The molecule has 2 rings (SSSR count). The summed E-state index contributed by atoms with van der Waals surface area (Å²) in [4.78, 5) is 15.0. The van der Waals surface area contributed by atoms with Gasteiger partial charge < -0.3 is 4.74 Å². The highest BCUT2D eigenvalue weighted by atomic mass is 16.5. The second-order valence-electron chi connectivity index (χ2n) is 6.25. The second kappa shape index (κ2) is 10.3. The number of hydrogen-bond acceptors (Lipinski definition) is 3. The lowest BCUT2D eigenvalue weighted by molar-refractivity contribution is -0.119. The van der Waals surface area contributed by atoms with E-state index < -0.39 is 0 Å². The maximum absolute atomic E-state index is 12.6. The van der Waals surface area contributed by atoms with Gasteiger partial charge in [-0.15, -0.1) is 0 Å². The molecule has 1 unspecified atom stereocenters. The summed E-state index contributed by atoms with van der Waals surface area (Å²) in [5.74, 6) is 0.371. The van der Waals surface area contributed by atoms with E-state index in [0.29, 0.717) is 0 Å². The van der Waals surface area contributed by atoms with E-state index in [1.165, 1.54) is 12.8 Å². The monoisotopic (exact) mass is 315 g/mol. The van der Waals surface area contributed by atoms with Gasteiger partial charge in [0.2, 0.25) is 0 Å². The largest absolute Gasteiger partial charge is 0.379 e. The molecule has 1 aromatic rings. The first-order valence-corrected chi connectivity index (χ1v) is 8.86. The molecule has 23 heavy (non-hydrogen) atoms. The Morgan fingerprint density at radius 1 is 1.22 bits per heavy atom. The first-order valence-electron chi connectivity index (χ1n) is 8.86. The van der Waals surface area contributed by atoms with Crippen LogP contribution < -0.4 is 0 Å². The molecule has 0 aliphatic carbocycles. The molecular formula is C20H29NO2. The highest BCUT2D eigenvalue weighted by Crippen LogP contribution is 2.15. The van der Waals surface area contributed by atoms with E-state index in [0.717, 1.165) is 51.3 Å². The third-order valence-corrected chi connectivity index (χ3v) is 4.38. The third-order valence-electron chi connectivity index (χ3n) is 4.38. The molecule has 0 amide bonds. The van der Waals surface area contributed by atoms with Crippen LogP contribution in [0.3, 0.4) is 0 Å². The Balaban J connectivity index is 1.93. The second-order valence-corrected chi connectivity index (χ2v) is 6.25. The Bertz CT molecular complexity index is 478. The van der Waals surface area contributed by atoms with Gasteiger partial charge in [-0.3, -0.25) is 9.69 Å². The van der Waals surface area contributed by atoms with E-state index in [1.807, 2.05) is 36.4 Å². The molecule has 0 radical (unpaired) electrons. The van der Waals surface area contributed by atoms with Crippen LogP contribution >= 0.6 is 0 Å². The van der Waals surface area contributed by atoms with Crippen LogP contribution in [0.25, 0.3) is 6.08 Å². The zero-order chi connectivity index (χ0) is 16.3. The Morgan fingerprint density at radius 3 is 2.65 bits per heavy atom. The van der Waals surface area contributed by atoms with Crippen LogP contribution in [0.2, 0.25) is 0 Å². The van der Waals surface area contributed by atoms with Crippen LogP contribution in [-0.2, 0) is 9.53 Å². The highest BCUT2D eigenvalue weighted by Gasteiger charge is 2.21. The van der Waals surface area contributed by atoms with Gasteiger partial charge in [0.25, 0.3) is 0 Å². The summed E-state index contributed by atoms with van der Waals surface area (Å²) in [6.07, 6.45) is 8.23. The molecule has 0 spiro atoms. The molecule has 126 valence electrons. The summed E-state index contributed by atoms with van der Waals surface area (Å²) in [7, 11) is 0. The van der Waals surface area contributed by atoms with Crippen molar-refractivity contribution >= 4 is 11.9 Å². The Kier molecular flexibility index (Phi) is 8.05. The number of allylic oxidation sites excluding steroid dienone is 1. The topological polar surface area (TPSA) is 29.5 Å². The Morgan fingerprint density at radius 2 is 1.96 bits per heavy atom. The van der Waals surface area contributed by atoms with Crippen LogP contribution in [0.15, 0.2) is 36.4 Å². The van der Waals surface area contributed by atoms with Crippen molar-refractivity contribution in [2.24, 2.45) is 5.92 Å². The SMILES string of the molecule is CCCCCC(CN1CCOCC1)C(=O)/C=C/c1ccccc1. The fraction of sp³-hybridized carbons (Fsp3) is 0.550. The predicted molar refractivity (Wildman–Crippen MR) is 95.4 cm³/mol. The number of hydrogen-bond donors (Lipinski definition) is 0. The van der Waals surface area contributed by atoms with Gasteiger partial charge in [-0.1, -0.05) is 62.6 Å². The molecule has 3 heteroatoms. The van der Waals surface area contributed by atoms with Crippen LogP contribution in [0.5, 0.6) is 0 Å². The van der Waals surface area contributed by atoms with Crippen LogP contribution in [0.4, 0.5) is 0 Å². The van der Waals surface area contributed by atoms with Crippen LogP contribution in [0, 0.1) is 5.92 Å². The van der Waals surface area contributed by atoms with Gasteiger partial charge in [0.1, 0.15) is 0 Å². The smallest absolute Gasteiger partial charge is 0.160 e. The molecule has 1 fully saturated rings. The number of benzene rings is 1. The maximum Gasteiger partial charge on any atom is 0.160 e. The van der Waals surface area contributed by atoms with Gasteiger partial charge in [0.05, 0.1) is 13.2 Å². The van der Waals surface area contributed by atoms with Crippen molar-refractivity contribution in [1.82, 2.24) is 4.90 Å². The number of carbonyl (C=O) groups is 1. The normalized spacial score (nSPS) is 17.4. The first kappa shape index (κ1) is 17.9. The number of unbranched alkanes of at least 4 members (excludes halogenated alkanes) is 2. The van der Waals surface area contributed by atoms with Gasteiger partial charge in [0, 0.05) is 25.6 Å². The Hall–Kier alpha value is -1.45. The number of ether oxygens (including phenoxy) is 1. The van der Waals surface area contributed by atoms with E-state index in [4.69, 9.17) is 4.74 Å². The van der Waals surface area contributed by atoms with Crippen molar-refractivity contribution in [1.29, 1.82) is 0 Å². The molecular weight excluding hydrogens is 286 g/mol. The summed E-state index contributed by atoms with van der Waals surface area (Å²) in [5, 5.41) is 0. The van der Waals surface area contributed by atoms with Gasteiger partial charge in [0.15, 0.2) is 5.78 Å². The lowest BCUT2D eigenvalue weighted by Crippen LogP contribution is -2.40. The van der Waals surface area contributed by atoms with E-state index >= 15 is 0 Å². The van der Waals surface area contributed by atoms with E-state index in [-0.39, 0.29) is 11.7 Å². The molecule has 1 heterocycles. The van der Waals surface area contributed by atoms with Crippen molar-refractivity contribution in [2.45, 2.75) is 32.6 Å². The molecule has 1 atom stereocenters. The van der Waals surface area contributed by atoms with Gasteiger partial charge in [-0.25, -0.2) is 0 Å². The fourth-order valence-corrected chi connectivity index (χ4v) is 2.94. The predicted octanol–water partition coefficient (Wildman–Crippen LogP) is 3.80. The van der Waals surface area contributed by atoms with Crippen molar-refractivity contribution in [2.75, 3.05) is 32.8 Å². The average Bonchev–Trinajstić information content (AvgIpc) is 2.61. The summed E-state index contributed by atoms with van der Waals surface area (Å²) >= 11 is 0. The molecule has 0 saturated carbocycles. The lowest BCUT2D eigenvalue weighted by Gasteiger charge is -2.29. The van der Waals surface area contributed by atoms with Crippen molar-refractivity contribution in [3.8, 4) is 0 Å². The minimum Gasteiger partial charge on any atom is -0.379 e. The molecule has 1 aliphatic rings. The molecule has 1 aliphatic heterocycles.